The van der Waals surface area contributed by atoms with Gasteiger partial charge < -0.3 is 4.90 Å². The first-order chi connectivity index (χ1) is 19.8. The highest BCUT2D eigenvalue weighted by Crippen LogP contribution is 2.33. The number of hydrogen-bond donors (Lipinski definition) is 0. The van der Waals surface area contributed by atoms with E-state index in [1.165, 1.54) is 23.8 Å². The summed E-state index contributed by atoms with van der Waals surface area (Å²) in [6.45, 7) is 9.87. The fourth-order valence-electron chi connectivity index (χ4n) is 4.98. The Labute approximate surface area is 239 Å². The molecule has 0 saturated heterocycles. The normalized spacial score (nSPS) is 17.9. The highest BCUT2D eigenvalue weighted by atomic mass is 19.1. The highest BCUT2D eigenvalue weighted by Gasteiger charge is 2.23. The SMILES string of the molecule is CCN=N/C(=C\C1CC=C(CN(CC)C(=O)c2ccc(Cn3nnnc3C)cc2)CCC1C)c1c(F)cccc1F. The lowest BCUT2D eigenvalue weighted by molar-refractivity contribution is 0.0777. The predicted molar refractivity (Wildman–Crippen MR) is 154 cm³/mol. The van der Waals surface area contributed by atoms with E-state index in [9.17, 15) is 13.6 Å². The van der Waals surface area contributed by atoms with Gasteiger partial charge >= 0.3 is 0 Å². The molecule has 1 aliphatic rings. The Bertz CT molecular complexity index is 1410. The van der Waals surface area contributed by atoms with Gasteiger partial charge in [0.15, 0.2) is 0 Å². The summed E-state index contributed by atoms with van der Waals surface area (Å²) in [5.41, 5.74) is 2.90. The molecule has 1 aromatic heterocycles. The predicted octanol–water partition coefficient (Wildman–Crippen LogP) is 6.65. The number of benzene rings is 2. The third-order valence-electron chi connectivity index (χ3n) is 7.55. The molecule has 0 spiro atoms. The molecule has 10 heteroatoms. The molecule has 0 aliphatic heterocycles. The average Bonchev–Trinajstić information content (AvgIpc) is 3.29. The second kappa shape index (κ2) is 14.0. The van der Waals surface area contributed by atoms with E-state index < -0.39 is 11.6 Å². The number of halogens is 2. The Kier molecular flexibility index (Phi) is 10.2. The molecule has 8 nitrogen and oxygen atoms in total. The van der Waals surface area contributed by atoms with E-state index in [1.54, 1.807) is 4.68 Å². The van der Waals surface area contributed by atoms with Crippen LogP contribution in [-0.2, 0) is 6.54 Å². The molecular weight excluding hydrogens is 524 g/mol. The van der Waals surface area contributed by atoms with Crippen LogP contribution in [0.25, 0.3) is 5.70 Å². The molecule has 0 radical (unpaired) electrons. The molecule has 0 saturated carbocycles. The molecule has 2 aromatic carbocycles. The van der Waals surface area contributed by atoms with Crippen molar-refractivity contribution >= 4 is 11.6 Å². The van der Waals surface area contributed by atoms with Crippen molar-refractivity contribution in [3.8, 4) is 0 Å². The van der Waals surface area contributed by atoms with Crippen molar-refractivity contribution in [3.05, 3.63) is 94.3 Å². The molecule has 0 fully saturated rings. The smallest absolute Gasteiger partial charge is 0.254 e. The molecular formula is C31H37F2N7O. The first-order valence-electron chi connectivity index (χ1n) is 14.1. The van der Waals surface area contributed by atoms with E-state index in [0.717, 1.165) is 24.2 Å². The Morgan fingerprint density at radius 1 is 1.15 bits per heavy atom. The van der Waals surface area contributed by atoms with Gasteiger partial charge in [-0.1, -0.05) is 42.8 Å². The number of hydrogen-bond acceptors (Lipinski definition) is 6. The molecule has 1 amide bonds. The van der Waals surface area contributed by atoms with Crippen LogP contribution in [0, 0.1) is 30.4 Å². The maximum absolute atomic E-state index is 14.6. The first-order valence-corrected chi connectivity index (χ1v) is 14.1. The van der Waals surface area contributed by atoms with Crippen molar-refractivity contribution in [1.82, 2.24) is 25.1 Å². The van der Waals surface area contributed by atoms with Gasteiger partial charge in [0.05, 0.1) is 24.4 Å². The lowest BCUT2D eigenvalue weighted by Gasteiger charge is -2.23. The van der Waals surface area contributed by atoms with Crippen molar-refractivity contribution < 1.29 is 13.6 Å². The molecule has 1 aliphatic carbocycles. The van der Waals surface area contributed by atoms with Gasteiger partial charge in [-0.3, -0.25) is 4.79 Å². The number of aromatic nitrogens is 4. The van der Waals surface area contributed by atoms with Crippen LogP contribution in [-0.4, -0.2) is 50.6 Å². The Morgan fingerprint density at radius 3 is 2.51 bits per heavy atom. The zero-order valence-electron chi connectivity index (χ0n) is 24.1. The van der Waals surface area contributed by atoms with Crippen LogP contribution < -0.4 is 0 Å². The zero-order valence-corrected chi connectivity index (χ0v) is 24.1. The summed E-state index contributed by atoms with van der Waals surface area (Å²) in [5.74, 6) is -0.317. The van der Waals surface area contributed by atoms with E-state index in [2.05, 4.69) is 38.8 Å². The third kappa shape index (κ3) is 7.56. The van der Waals surface area contributed by atoms with Crippen molar-refractivity contribution in [2.24, 2.45) is 22.1 Å². The van der Waals surface area contributed by atoms with Crippen LogP contribution in [0.15, 0.2) is 70.4 Å². The van der Waals surface area contributed by atoms with Gasteiger partial charge in [-0.15, -0.1) is 5.10 Å². The van der Waals surface area contributed by atoms with Gasteiger partial charge in [-0.05, 0) is 92.1 Å². The topological polar surface area (TPSA) is 88.6 Å². The van der Waals surface area contributed by atoms with Crippen LogP contribution in [0.3, 0.4) is 0 Å². The molecule has 216 valence electrons. The molecule has 41 heavy (non-hydrogen) atoms. The van der Waals surface area contributed by atoms with E-state index in [0.29, 0.717) is 38.2 Å². The van der Waals surface area contributed by atoms with Crippen molar-refractivity contribution in [3.63, 3.8) is 0 Å². The second-order valence-corrected chi connectivity index (χ2v) is 10.4. The summed E-state index contributed by atoms with van der Waals surface area (Å²) in [7, 11) is 0. The van der Waals surface area contributed by atoms with Gasteiger partial charge in [0.2, 0.25) is 0 Å². The number of carbonyl (C=O) groups is 1. The van der Waals surface area contributed by atoms with Crippen LogP contribution in [0.1, 0.15) is 67.3 Å². The standard InChI is InChI=1S/C31H37F2N7O/c1-5-34-36-29(30-27(32)8-7-9-28(30)33)18-26-17-14-23(11-10-21(26)3)19-39(6-2)31(41)25-15-12-24(13-16-25)20-40-22(4)35-37-38-40/h7-9,12-16,18,21,26H,5-6,10-11,17,19-20H2,1-4H3/b29-18-,36-34?. The number of nitrogens with zero attached hydrogens (tertiary/aromatic N) is 7. The average molecular weight is 562 g/mol. The minimum atomic E-state index is -0.653. The summed E-state index contributed by atoms with van der Waals surface area (Å²) < 4.78 is 30.9. The fraction of sp³-hybridized carbons (Fsp3) is 0.419. The van der Waals surface area contributed by atoms with Gasteiger partial charge in [0, 0.05) is 18.7 Å². The minimum absolute atomic E-state index is 0.0235. The van der Waals surface area contributed by atoms with Crippen LogP contribution in [0.5, 0.6) is 0 Å². The Hall–Kier alpha value is -4.08. The maximum atomic E-state index is 14.6. The van der Waals surface area contributed by atoms with Crippen LogP contribution >= 0.6 is 0 Å². The number of azo groups is 1. The summed E-state index contributed by atoms with van der Waals surface area (Å²) in [6, 6.07) is 11.4. The van der Waals surface area contributed by atoms with Crippen molar-refractivity contribution in [1.29, 1.82) is 0 Å². The van der Waals surface area contributed by atoms with Crippen LogP contribution in [0.2, 0.25) is 0 Å². The number of carbonyl (C=O) groups excluding carboxylic acids is 1. The number of allylic oxidation sites excluding steroid dienone is 2. The van der Waals surface area contributed by atoms with E-state index in [1.807, 2.05) is 56.0 Å². The van der Waals surface area contributed by atoms with Gasteiger partial charge in [0.1, 0.15) is 17.5 Å². The summed E-state index contributed by atoms with van der Waals surface area (Å²) in [6.07, 6.45) is 6.45. The largest absolute Gasteiger partial charge is 0.335 e. The fourth-order valence-corrected chi connectivity index (χ4v) is 4.98. The quantitative estimate of drug-likeness (QED) is 0.205. The molecule has 0 bridgehead atoms. The zero-order chi connectivity index (χ0) is 29.4. The van der Waals surface area contributed by atoms with E-state index >= 15 is 0 Å². The van der Waals surface area contributed by atoms with Gasteiger partial charge in [-0.25, -0.2) is 13.5 Å². The second-order valence-electron chi connectivity index (χ2n) is 10.4. The lowest BCUT2D eigenvalue weighted by Crippen LogP contribution is -2.32. The Balaban J connectivity index is 1.47. The van der Waals surface area contributed by atoms with E-state index in [-0.39, 0.29) is 29.0 Å². The summed E-state index contributed by atoms with van der Waals surface area (Å²) in [5, 5.41) is 19.8. The number of likely N-dealkylation sites (N-methyl/N-ethyl adjacent to an activating group) is 1. The number of rotatable bonds is 10. The van der Waals surface area contributed by atoms with Crippen LogP contribution in [0.4, 0.5) is 8.78 Å². The summed E-state index contributed by atoms with van der Waals surface area (Å²) >= 11 is 0. The first kappa shape index (κ1) is 29.9. The number of tetrazole rings is 1. The number of aryl methyl sites for hydroxylation is 1. The highest BCUT2D eigenvalue weighted by molar-refractivity contribution is 5.94. The molecule has 1 heterocycles. The molecule has 0 N–H and O–H groups in total. The van der Waals surface area contributed by atoms with E-state index in [4.69, 9.17) is 0 Å². The monoisotopic (exact) mass is 561 g/mol. The summed E-state index contributed by atoms with van der Waals surface area (Å²) in [4.78, 5) is 15.2. The molecule has 2 unspecified atom stereocenters. The third-order valence-corrected chi connectivity index (χ3v) is 7.55. The minimum Gasteiger partial charge on any atom is -0.335 e. The van der Waals surface area contributed by atoms with Gasteiger partial charge in [-0.2, -0.15) is 10.2 Å². The molecule has 2 atom stereocenters. The maximum Gasteiger partial charge on any atom is 0.254 e. The van der Waals surface area contributed by atoms with Crippen molar-refractivity contribution in [2.45, 2.75) is 53.5 Å². The Morgan fingerprint density at radius 2 is 1.88 bits per heavy atom. The van der Waals surface area contributed by atoms with Crippen molar-refractivity contribution in [2.75, 3.05) is 19.6 Å². The molecule has 3 aromatic rings. The number of amides is 1. The van der Waals surface area contributed by atoms with Gasteiger partial charge in [0.25, 0.3) is 5.91 Å². The lowest BCUT2D eigenvalue weighted by atomic mass is 9.88. The molecule has 4 rings (SSSR count).